The van der Waals surface area contributed by atoms with Crippen molar-refractivity contribution < 1.29 is 0 Å². The van der Waals surface area contributed by atoms with Crippen LogP contribution in [0.3, 0.4) is 0 Å². The minimum absolute atomic E-state index is 0.556. The Labute approximate surface area is 85.3 Å². The summed E-state index contributed by atoms with van der Waals surface area (Å²) >= 11 is 0. The van der Waals surface area contributed by atoms with Gasteiger partial charge in [-0.1, -0.05) is 6.92 Å². The Hall–Kier alpha value is -0.830. The van der Waals surface area contributed by atoms with Crippen LogP contribution < -0.4 is 5.73 Å². The Kier molecular flexibility index (Phi) is 2.87. The van der Waals surface area contributed by atoms with Crippen molar-refractivity contribution in [2.45, 2.75) is 38.6 Å². The van der Waals surface area contributed by atoms with Gasteiger partial charge in [-0.15, -0.1) is 0 Å². The third-order valence-corrected chi connectivity index (χ3v) is 2.98. The van der Waals surface area contributed by atoms with Crippen molar-refractivity contribution >= 4 is 0 Å². The molecule has 1 unspecified atom stereocenters. The van der Waals surface area contributed by atoms with Crippen LogP contribution in [-0.2, 0) is 6.54 Å². The smallest absolute Gasteiger partial charge is 0.0525 e. The second-order valence-corrected chi connectivity index (χ2v) is 4.22. The topological polar surface area (TPSA) is 43.8 Å². The standard InChI is InChI=1S/C11H19N3/c1-2-5-14-8-10(7-13-14)11(6-12)9-3-4-9/h7-9,11H,2-6,12H2,1H3. The highest BCUT2D eigenvalue weighted by atomic mass is 15.3. The highest BCUT2D eigenvalue weighted by molar-refractivity contribution is 5.15. The van der Waals surface area contributed by atoms with Crippen LogP contribution in [0.15, 0.2) is 12.4 Å². The first kappa shape index (κ1) is 9.71. The summed E-state index contributed by atoms with van der Waals surface area (Å²) in [6, 6.07) is 0. The molecule has 1 aliphatic rings. The molecule has 1 atom stereocenters. The molecule has 0 aromatic carbocycles. The van der Waals surface area contributed by atoms with Gasteiger partial charge in [0.25, 0.3) is 0 Å². The zero-order chi connectivity index (χ0) is 9.97. The molecule has 0 bridgehead atoms. The minimum Gasteiger partial charge on any atom is -0.330 e. The molecule has 0 amide bonds. The van der Waals surface area contributed by atoms with Crippen molar-refractivity contribution in [3.8, 4) is 0 Å². The predicted octanol–water partition coefficient (Wildman–Crippen LogP) is 1.75. The molecular formula is C11H19N3. The quantitative estimate of drug-likeness (QED) is 0.774. The summed E-state index contributed by atoms with van der Waals surface area (Å²) in [5.41, 5.74) is 7.13. The van der Waals surface area contributed by atoms with Crippen LogP contribution in [-0.4, -0.2) is 16.3 Å². The molecular weight excluding hydrogens is 174 g/mol. The van der Waals surface area contributed by atoms with Crippen molar-refractivity contribution in [1.82, 2.24) is 9.78 Å². The van der Waals surface area contributed by atoms with Crippen LogP contribution in [0.1, 0.15) is 37.7 Å². The average Bonchev–Trinajstić information content (AvgIpc) is 2.90. The number of aromatic nitrogens is 2. The molecule has 0 saturated heterocycles. The van der Waals surface area contributed by atoms with Gasteiger partial charge < -0.3 is 5.73 Å². The van der Waals surface area contributed by atoms with E-state index in [4.69, 9.17) is 5.73 Å². The fourth-order valence-corrected chi connectivity index (χ4v) is 2.02. The van der Waals surface area contributed by atoms with Crippen molar-refractivity contribution in [3.05, 3.63) is 18.0 Å². The Balaban J connectivity index is 2.05. The minimum atomic E-state index is 0.556. The van der Waals surface area contributed by atoms with E-state index in [-0.39, 0.29) is 0 Å². The largest absolute Gasteiger partial charge is 0.330 e. The van der Waals surface area contributed by atoms with Crippen LogP contribution in [0.5, 0.6) is 0 Å². The fraction of sp³-hybridized carbons (Fsp3) is 0.727. The van der Waals surface area contributed by atoms with Crippen LogP contribution in [0, 0.1) is 5.92 Å². The lowest BCUT2D eigenvalue weighted by atomic mass is 9.98. The third kappa shape index (κ3) is 1.98. The molecule has 0 spiro atoms. The predicted molar refractivity (Wildman–Crippen MR) is 57.0 cm³/mol. The molecule has 3 heteroatoms. The fourth-order valence-electron chi connectivity index (χ4n) is 2.02. The lowest BCUT2D eigenvalue weighted by Gasteiger charge is -2.10. The molecule has 0 radical (unpaired) electrons. The van der Waals surface area contributed by atoms with E-state index in [0.29, 0.717) is 5.92 Å². The molecule has 78 valence electrons. The highest BCUT2D eigenvalue weighted by Gasteiger charge is 2.31. The van der Waals surface area contributed by atoms with Gasteiger partial charge in [0.2, 0.25) is 0 Å². The normalized spacial score (nSPS) is 18.4. The van der Waals surface area contributed by atoms with Crippen molar-refractivity contribution in [2.24, 2.45) is 11.7 Å². The molecule has 0 aliphatic heterocycles. The highest BCUT2D eigenvalue weighted by Crippen LogP contribution is 2.41. The van der Waals surface area contributed by atoms with Gasteiger partial charge in [-0.05, 0) is 37.3 Å². The van der Waals surface area contributed by atoms with Gasteiger partial charge in [0.15, 0.2) is 0 Å². The van der Waals surface area contributed by atoms with Gasteiger partial charge in [-0.2, -0.15) is 5.10 Å². The zero-order valence-corrected chi connectivity index (χ0v) is 8.82. The first-order chi connectivity index (χ1) is 6.85. The van der Waals surface area contributed by atoms with Gasteiger partial charge in [0, 0.05) is 18.7 Å². The number of hydrogen-bond donors (Lipinski definition) is 1. The van der Waals surface area contributed by atoms with E-state index in [1.165, 1.54) is 18.4 Å². The Bertz CT molecular complexity index is 288. The Morgan fingerprint density at radius 3 is 3.00 bits per heavy atom. The van der Waals surface area contributed by atoms with Crippen LogP contribution in [0.25, 0.3) is 0 Å². The summed E-state index contributed by atoms with van der Waals surface area (Å²) < 4.78 is 2.03. The number of nitrogens with zero attached hydrogens (tertiary/aromatic N) is 2. The Morgan fingerprint density at radius 1 is 1.64 bits per heavy atom. The molecule has 1 fully saturated rings. The molecule has 3 nitrogen and oxygen atoms in total. The molecule has 1 aliphatic carbocycles. The van der Waals surface area contributed by atoms with Gasteiger partial charge in [0.05, 0.1) is 6.20 Å². The van der Waals surface area contributed by atoms with E-state index in [1.807, 2.05) is 10.9 Å². The lowest BCUT2D eigenvalue weighted by Crippen LogP contribution is -2.13. The Morgan fingerprint density at radius 2 is 2.43 bits per heavy atom. The van der Waals surface area contributed by atoms with E-state index >= 15 is 0 Å². The van der Waals surface area contributed by atoms with Gasteiger partial charge in [-0.3, -0.25) is 4.68 Å². The molecule has 1 saturated carbocycles. The van der Waals surface area contributed by atoms with Crippen LogP contribution in [0.2, 0.25) is 0 Å². The summed E-state index contributed by atoms with van der Waals surface area (Å²) in [4.78, 5) is 0. The number of hydrogen-bond acceptors (Lipinski definition) is 2. The van der Waals surface area contributed by atoms with Crippen molar-refractivity contribution in [3.63, 3.8) is 0 Å². The molecule has 1 aromatic rings. The molecule has 1 heterocycles. The SMILES string of the molecule is CCCn1cc(C(CN)C2CC2)cn1. The van der Waals surface area contributed by atoms with E-state index in [1.54, 1.807) is 0 Å². The maximum atomic E-state index is 5.79. The summed E-state index contributed by atoms with van der Waals surface area (Å²) in [6.07, 6.45) is 7.99. The van der Waals surface area contributed by atoms with Crippen molar-refractivity contribution in [2.75, 3.05) is 6.54 Å². The monoisotopic (exact) mass is 193 g/mol. The second-order valence-electron chi connectivity index (χ2n) is 4.22. The zero-order valence-electron chi connectivity index (χ0n) is 8.82. The van der Waals surface area contributed by atoms with E-state index < -0.39 is 0 Å². The number of nitrogens with two attached hydrogens (primary N) is 1. The second kappa shape index (κ2) is 4.13. The lowest BCUT2D eigenvalue weighted by molar-refractivity contribution is 0.593. The summed E-state index contributed by atoms with van der Waals surface area (Å²) in [5.74, 6) is 1.39. The average molecular weight is 193 g/mol. The molecule has 1 aromatic heterocycles. The third-order valence-electron chi connectivity index (χ3n) is 2.98. The molecule has 2 rings (SSSR count). The number of rotatable bonds is 5. The molecule has 14 heavy (non-hydrogen) atoms. The first-order valence-electron chi connectivity index (χ1n) is 5.57. The maximum absolute atomic E-state index is 5.79. The van der Waals surface area contributed by atoms with Crippen LogP contribution in [0.4, 0.5) is 0 Å². The van der Waals surface area contributed by atoms with Gasteiger partial charge >= 0.3 is 0 Å². The van der Waals surface area contributed by atoms with Crippen molar-refractivity contribution in [1.29, 1.82) is 0 Å². The molecule has 2 N–H and O–H groups in total. The van der Waals surface area contributed by atoms with E-state index in [0.717, 1.165) is 25.4 Å². The van der Waals surface area contributed by atoms with E-state index in [2.05, 4.69) is 18.2 Å². The summed E-state index contributed by atoms with van der Waals surface area (Å²) in [5, 5.41) is 4.35. The number of aryl methyl sites for hydroxylation is 1. The summed E-state index contributed by atoms with van der Waals surface area (Å²) in [7, 11) is 0. The maximum Gasteiger partial charge on any atom is 0.0525 e. The first-order valence-corrected chi connectivity index (χ1v) is 5.57. The van der Waals surface area contributed by atoms with Crippen LogP contribution >= 0.6 is 0 Å². The van der Waals surface area contributed by atoms with Gasteiger partial charge in [-0.25, -0.2) is 0 Å². The van der Waals surface area contributed by atoms with Gasteiger partial charge in [0.1, 0.15) is 0 Å². The van der Waals surface area contributed by atoms with E-state index in [9.17, 15) is 0 Å². The summed E-state index contributed by atoms with van der Waals surface area (Å²) in [6.45, 7) is 3.95.